The van der Waals surface area contributed by atoms with Gasteiger partial charge in [0.1, 0.15) is 5.76 Å². The third kappa shape index (κ3) is 3.74. The summed E-state index contributed by atoms with van der Waals surface area (Å²) in [6.45, 7) is 3.89. The highest BCUT2D eigenvalue weighted by Gasteiger charge is 2.22. The molecule has 1 N–H and O–H groups in total. The van der Waals surface area contributed by atoms with Gasteiger partial charge >= 0.3 is 0 Å². The number of rotatable bonds is 5. The highest BCUT2D eigenvalue weighted by molar-refractivity contribution is 9.10. The Kier molecular flexibility index (Phi) is 5.74. The van der Waals surface area contributed by atoms with Crippen molar-refractivity contribution in [3.05, 3.63) is 45.1 Å². The average molecular weight is 345 g/mol. The molecule has 19 heavy (non-hydrogen) atoms. The predicted octanol–water partition coefficient (Wildman–Crippen LogP) is 4.84. The molecule has 0 bridgehead atoms. The summed E-state index contributed by atoms with van der Waals surface area (Å²) in [6, 6.07) is 6.07. The van der Waals surface area contributed by atoms with Gasteiger partial charge in [-0.25, -0.2) is 0 Å². The molecule has 2 rings (SSSR count). The minimum atomic E-state index is 0.0465. The molecule has 1 aliphatic heterocycles. The lowest BCUT2D eigenvalue weighted by Crippen LogP contribution is -2.26. The van der Waals surface area contributed by atoms with Gasteiger partial charge in [0.2, 0.25) is 0 Å². The third-order valence-corrected chi connectivity index (χ3v) is 4.45. The number of hydrogen-bond acceptors (Lipinski definition) is 2. The Morgan fingerprint density at radius 2 is 2.32 bits per heavy atom. The summed E-state index contributed by atoms with van der Waals surface area (Å²) in [5, 5.41) is 4.28. The van der Waals surface area contributed by atoms with Crippen LogP contribution in [0.3, 0.4) is 0 Å². The molecule has 0 aliphatic carbocycles. The molecule has 1 aromatic rings. The van der Waals surface area contributed by atoms with Gasteiger partial charge in [0.25, 0.3) is 0 Å². The van der Waals surface area contributed by atoms with E-state index in [1.54, 1.807) is 0 Å². The van der Waals surface area contributed by atoms with Gasteiger partial charge in [-0.1, -0.05) is 30.7 Å². The van der Waals surface area contributed by atoms with E-state index < -0.39 is 0 Å². The van der Waals surface area contributed by atoms with Gasteiger partial charge in [0, 0.05) is 4.47 Å². The molecule has 0 amide bonds. The number of nitrogens with one attached hydrogen (secondary N) is 1. The first-order valence-corrected chi connectivity index (χ1v) is 7.91. The number of halogens is 2. The highest BCUT2D eigenvalue weighted by Crippen LogP contribution is 2.34. The van der Waals surface area contributed by atoms with Gasteiger partial charge in [0.15, 0.2) is 0 Å². The fourth-order valence-electron chi connectivity index (χ4n) is 2.17. The Bertz CT molecular complexity index is 461. The van der Waals surface area contributed by atoms with Crippen molar-refractivity contribution in [2.45, 2.75) is 32.2 Å². The lowest BCUT2D eigenvalue weighted by atomic mass is 10.0. The second kappa shape index (κ2) is 7.32. The van der Waals surface area contributed by atoms with Gasteiger partial charge in [-0.05, 0) is 59.4 Å². The van der Waals surface area contributed by atoms with Crippen molar-refractivity contribution in [1.82, 2.24) is 5.32 Å². The van der Waals surface area contributed by atoms with Crippen molar-refractivity contribution in [2.75, 3.05) is 13.2 Å². The summed E-state index contributed by atoms with van der Waals surface area (Å²) in [6.07, 6.45) is 5.42. The Balaban J connectivity index is 2.30. The lowest BCUT2D eigenvalue weighted by molar-refractivity contribution is 0.167. The van der Waals surface area contributed by atoms with Crippen LogP contribution in [0, 0.1) is 0 Å². The van der Waals surface area contributed by atoms with Crippen molar-refractivity contribution >= 4 is 27.5 Å². The minimum Gasteiger partial charge on any atom is -0.496 e. The summed E-state index contributed by atoms with van der Waals surface area (Å²) in [5.41, 5.74) is 1.07. The molecule has 0 saturated carbocycles. The van der Waals surface area contributed by atoms with Crippen LogP contribution in [-0.2, 0) is 4.74 Å². The molecular formula is C15H19BrClNO. The molecule has 0 fully saturated rings. The quantitative estimate of drug-likeness (QED) is 0.825. The summed E-state index contributed by atoms with van der Waals surface area (Å²) in [7, 11) is 0. The van der Waals surface area contributed by atoms with Gasteiger partial charge in [-0.15, -0.1) is 0 Å². The van der Waals surface area contributed by atoms with Crippen molar-refractivity contribution < 1.29 is 4.74 Å². The molecule has 1 unspecified atom stereocenters. The molecule has 1 atom stereocenters. The van der Waals surface area contributed by atoms with E-state index in [4.69, 9.17) is 16.3 Å². The summed E-state index contributed by atoms with van der Waals surface area (Å²) >= 11 is 9.90. The second-order valence-electron chi connectivity index (χ2n) is 4.63. The monoisotopic (exact) mass is 343 g/mol. The zero-order valence-electron chi connectivity index (χ0n) is 11.1. The minimum absolute atomic E-state index is 0.0465. The van der Waals surface area contributed by atoms with Crippen molar-refractivity contribution in [1.29, 1.82) is 0 Å². The molecule has 0 saturated heterocycles. The van der Waals surface area contributed by atoms with E-state index >= 15 is 0 Å². The van der Waals surface area contributed by atoms with Crippen LogP contribution >= 0.6 is 27.5 Å². The Labute approximate surface area is 128 Å². The molecule has 4 heteroatoms. The fourth-order valence-corrected chi connectivity index (χ4v) is 2.79. The first-order valence-electron chi connectivity index (χ1n) is 6.74. The first kappa shape index (κ1) is 14.9. The van der Waals surface area contributed by atoms with E-state index in [9.17, 15) is 0 Å². The Hall–Kier alpha value is -0.510. The van der Waals surface area contributed by atoms with Crippen LogP contribution in [0.15, 0.2) is 34.5 Å². The van der Waals surface area contributed by atoms with E-state index in [1.807, 2.05) is 12.1 Å². The largest absolute Gasteiger partial charge is 0.496 e. The Morgan fingerprint density at radius 1 is 1.47 bits per heavy atom. The molecule has 1 aliphatic rings. The van der Waals surface area contributed by atoms with Crippen LogP contribution in [0.5, 0.6) is 0 Å². The van der Waals surface area contributed by atoms with Crippen LogP contribution < -0.4 is 5.32 Å². The fraction of sp³-hybridized carbons (Fsp3) is 0.467. The SMILES string of the molecule is CCCNC(C1=CCCCO1)c1cccc(Br)c1Cl. The molecule has 0 spiro atoms. The number of ether oxygens (including phenoxy) is 1. The first-order chi connectivity index (χ1) is 9.24. The Morgan fingerprint density at radius 3 is 3.00 bits per heavy atom. The van der Waals surface area contributed by atoms with Crippen molar-refractivity contribution in [2.24, 2.45) is 0 Å². The smallest absolute Gasteiger partial charge is 0.113 e. The van der Waals surface area contributed by atoms with Gasteiger partial charge in [-0.3, -0.25) is 0 Å². The average Bonchev–Trinajstić information content (AvgIpc) is 2.45. The molecule has 0 radical (unpaired) electrons. The summed E-state index contributed by atoms with van der Waals surface area (Å²) < 4.78 is 6.73. The maximum Gasteiger partial charge on any atom is 0.113 e. The molecule has 104 valence electrons. The standard InChI is InChI=1S/C15H19BrClNO/c1-2-9-18-15(13-8-3-4-10-19-13)11-6-5-7-12(16)14(11)17/h5-8,15,18H,2-4,9-10H2,1H3. The summed E-state index contributed by atoms with van der Waals surface area (Å²) in [4.78, 5) is 0. The van der Waals surface area contributed by atoms with Crippen LogP contribution in [0.25, 0.3) is 0 Å². The van der Waals surface area contributed by atoms with E-state index in [2.05, 4.69) is 40.3 Å². The molecule has 2 nitrogen and oxygen atoms in total. The molecule has 1 heterocycles. The molecule has 0 aromatic heterocycles. The number of benzene rings is 1. The van der Waals surface area contributed by atoms with Crippen LogP contribution in [0.1, 0.15) is 37.8 Å². The predicted molar refractivity (Wildman–Crippen MR) is 83.5 cm³/mol. The maximum absolute atomic E-state index is 6.42. The van der Waals surface area contributed by atoms with E-state index in [0.29, 0.717) is 0 Å². The van der Waals surface area contributed by atoms with Crippen LogP contribution in [0.2, 0.25) is 5.02 Å². The number of allylic oxidation sites excluding steroid dienone is 1. The highest BCUT2D eigenvalue weighted by atomic mass is 79.9. The topological polar surface area (TPSA) is 21.3 Å². The second-order valence-corrected chi connectivity index (χ2v) is 5.86. The van der Waals surface area contributed by atoms with E-state index in [0.717, 1.165) is 53.2 Å². The van der Waals surface area contributed by atoms with Crippen molar-refractivity contribution in [3.63, 3.8) is 0 Å². The zero-order chi connectivity index (χ0) is 13.7. The van der Waals surface area contributed by atoms with Gasteiger partial charge < -0.3 is 10.1 Å². The van der Waals surface area contributed by atoms with Crippen LogP contribution in [0.4, 0.5) is 0 Å². The van der Waals surface area contributed by atoms with E-state index in [-0.39, 0.29) is 6.04 Å². The van der Waals surface area contributed by atoms with Crippen molar-refractivity contribution in [3.8, 4) is 0 Å². The summed E-state index contributed by atoms with van der Waals surface area (Å²) in [5.74, 6) is 1.000. The van der Waals surface area contributed by atoms with E-state index in [1.165, 1.54) is 0 Å². The lowest BCUT2D eigenvalue weighted by Gasteiger charge is -2.26. The van der Waals surface area contributed by atoms with Gasteiger partial charge in [-0.2, -0.15) is 0 Å². The van der Waals surface area contributed by atoms with Gasteiger partial charge in [0.05, 0.1) is 17.7 Å². The van der Waals surface area contributed by atoms with Crippen LogP contribution in [-0.4, -0.2) is 13.2 Å². The number of hydrogen-bond donors (Lipinski definition) is 1. The maximum atomic E-state index is 6.42. The molecular weight excluding hydrogens is 326 g/mol. The zero-order valence-corrected chi connectivity index (χ0v) is 13.4. The normalized spacial score (nSPS) is 16.7. The molecule has 1 aromatic carbocycles. The third-order valence-electron chi connectivity index (χ3n) is 3.14.